The molecule has 6 heteroatoms. The standard InChI is InChI=1S/C14H27N3O2S/c1-5-15-6-7-16-13(19)11-9-20-10-17(11)12(18)8-14(2,3)4/h11,15H,5-10H2,1-4H3,(H,16,19). The van der Waals surface area contributed by atoms with Gasteiger partial charge in [0, 0.05) is 25.3 Å². The fourth-order valence-corrected chi connectivity index (χ4v) is 3.21. The lowest BCUT2D eigenvalue weighted by atomic mass is 9.91. The van der Waals surface area contributed by atoms with Gasteiger partial charge in [0.2, 0.25) is 11.8 Å². The summed E-state index contributed by atoms with van der Waals surface area (Å²) in [4.78, 5) is 26.1. The number of carbonyl (C=O) groups excluding carboxylic acids is 2. The molecule has 0 saturated carbocycles. The van der Waals surface area contributed by atoms with Crippen LogP contribution in [0.25, 0.3) is 0 Å². The third-order valence-electron chi connectivity index (χ3n) is 3.04. The van der Waals surface area contributed by atoms with Crippen LogP contribution >= 0.6 is 11.8 Å². The number of hydrogen-bond acceptors (Lipinski definition) is 4. The molecule has 0 aromatic rings. The number of hydrogen-bond donors (Lipinski definition) is 2. The lowest BCUT2D eigenvalue weighted by molar-refractivity contribution is -0.139. The van der Waals surface area contributed by atoms with E-state index in [4.69, 9.17) is 0 Å². The van der Waals surface area contributed by atoms with Gasteiger partial charge in [-0.2, -0.15) is 0 Å². The van der Waals surface area contributed by atoms with Crippen LogP contribution in [-0.4, -0.2) is 54.0 Å². The van der Waals surface area contributed by atoms with Gasteiger partial charge in [0.15, 0.2) is 0 Å². The molecule has 1 aliphatic heterocycles. The summed E-state index contributed by atoms with van der Waals surface area (Å²) in [5, 5.41) is 6.06. The fraction of sp³-hybridized carbons (Fsp3) is 0.857. The molecule has 116 valence electrons. The maximum Gasteiger partial charge on any atom is 0.243 e. The summed E-state index contributed by atoms with van der Waals surface area (Å²) >= 11 is 1.65. The predicted molar refractivity (Wildman–Crippen MR) is 83.6 cm³/mol. The van der Waals surface area contributed by atoms with Crippen molar-refractivity contribution in [3.63, 3.8) is 0 Å². The van der Waals surface area contributed by atoms with Crippen molar-refractivity contribution in [3.05, 3.63) is 0 Å². The number of nitrogens with one attached hydrogen (secondary N) is 2. The summed E-state index contributed by atoms with van der Waals surface area (Å²) in [5.41, 5.74) is -0.0452. The minimum atomic E-state index is -0.309. The Kier molecular flexibility index (Phi) is 6.82. The number of rotatable bonds is 6. The molecule has 0 aliphatic carbocycles. The van der Waals surface area contributed by atoms with E-state index in [-0.39, 0.29) is 23.3 Å². The highest BCUT2D eigenvalue weighted by atomic mass is 32.2. The van der Waals surface area contributed by atoms with Crippen molar-refractivity contribution in [1.29, 1.82) is 0 Å². The molecule has 0 radical (unpaired) electrons. The van der Waals surface area contributed by atoms with E-state index < -0.39 is 0 Å². The number of amides is 2. The largest absolute Gasteiger partial charge is 0.353 e. The van der Waals surface area contributed by atoms with Crippen LogP contribution in [0.1, 0.15) is 34.1 Å². The van der Waals surface area contributed by atoms with Crippen molar-refractivity contribution in [3.8, 4) is 0 Å². The maximum atomic E-state index is 12.3. The Morgan fingerprint density at radius 1 is 1.30 bits per heavy atom. The molecule has 1 atom stereocenters. The van der Waals surface area contributed by atoms with Crippen LogP contribution in [0, 0.1) is 5.41 Å². The van der Waals surface area contributed by atoms with Crippen LogP contribution in [-0.2, 0) is 9.59 Å². The third-order valence-corrected chi connectivity index (χ3v) is 4.05. The first kappa shape index (κ1) is 17.3. The molecule has 0 bridgehead atoms. The zero-order valence-corrected chi connectivity index (χ0v) is 13.8. The molecule has 0 aromatic carbocycles. The van der Waals surface area contributed by atoms with Gasteiger partial charge in [0.25, 0.3) is 0 Å². The average Bonchev–Trinajstić information content (AvgIpc) is 2.81. The highest BCUT2D eigenvalue weighted by Crippen LogP contribution is 2.26. The molecule has 1 heterocycles. The lowest BCUT2D eigenvalue weighted by Gasteiger charge is -2.26. The second kappa shape index (κ2) is 7.88. The Bertz CT molecular complexity index is 342. The molecule has 1 fully saturated rings. The first-order valence-corrected chi connectivity index (χ1v) is 8.36. The minimum Gasteiger partial charge on any atom is -0.353 e. The summed E-state index contributed by atoms with van der Waals surface area (Å²) < 4.78 is 0. The highest BCUT2D eigenvalue weighted by molar-refractivity contribution is 7.99. The van der Waals surface area contributed by atoms with Crippen molar-refractivity contribution >= 4 is 23.6 Å². The SMILES string of the molecule is CCNCCNC(=O)C1CSCN1C(=O)CC(C)(C)C. The van der Waals surface area contributed by atoms with E-state index >= 15 is 0 Å². The van der Waals surface area contributed by atoms with Crippen molar-refractivity contribution in [2.24, 2.45) is 5.41 Å². The Morgan fingerprint density at radius 2 is 2.00 bits per heavy atom. The van der Waals surface area contributed by atoms with Crippen molar-refractivity contribution in [2.75, 3.05) is 31.3 Å². The first-order chi connectivity index (χ1) is 9.35. The van der Waals surface area contributed by atoms with Gasteiger partial charge in [-0.05, 0) is 12.0 Å². The zero-order chi connectivity index (χ0) is 15.2. The number of thioether (sulfide) groups is 1. The van der Waals surface area contributed by atoms with E-state index in [1.165, 1.54) is 0 Å². The summed E-state index contributed by atoms with van der Waals surface area (Å²) in [7, 11) is 0. The topological polar surface area (TPSA) is 61.4 Å². The lowest BCUT2D eigenvalue weighted by Crippen LogP contribution is -2.48. The maximum absolute atomic E-state index is 12.3. The quantitative estimate of drug-likeness (QED) is 0.720. The van der Waals surface area contributed by atoms with Crippen LogP contribution in [0.3, 0.4) is 0 Å². The van der Waals surface area contributed by atoms with Crippen LogP contribution in [0.4, 0.5) is 0 Å². The Hall–Kier alpha value is -0.750. The molecule has 0 spiro atoms. The third kappa shape index (κ3) is 5.71. The van der Waals surface area contributed by atoms with E-state index in [0.29, 0.717) is 24.6 Å². The molecule has 0 aromatic heterocycles. The molecule has 1 saturated heterocycles. The number of likely N-dealkylation sites (N-methyl/N-ethyl adjacent to an activating group) is 1. The summed E-state index contributed by atoms with van der Waals surface area (Å²) in [5.74, 6) is 1.37. The van der Waals surface area contributed by atoms with Gasteiger partial charge < -0.3 is 15.5 Å². The Morgan fingerprint density at radius 3 is 2.60 bits per heavy atom. The second-order valence-corrected chi connectivity index (χ2v) is 7.26. The number of carbonyl (C=O) groups is 2. The molecule has 1 unspecified atom stereocenters. The van der Waals surface area contributed by atoms with Crippen LogP contribution in [0.2, 0.25) is 0 Å². The van der Waals surface area contributed by atoms with E-state index in [0.717, 1.165) is 13.1 Å². The van der Waals surface area contributed by atoms with Gasteiger partial charge in [0.05, 0.1) is 5.88 Å². The van der Waals surface area contributed by atoms with Gasteiger partial charge >= 0.3 is 0 Å². The Labute approximate surface area is 126 Å². The zero-order valence-electron chi connectivity index (χ0n) is 13.0. The van der Waals surface area contributed by atoms with Gasteiger partial charge in [0.1, 0.15) is 6.04 Å². The molecule has 2 amide bonds. The summed E-state index contributed by atoms with van der Waals surface area (Å²) in [6.07, 6.45) is 0.481. The molecule has 1 rings (SSSR count). The summed E-state index contributed by atoms with van der Waals surface area (Å²) in [6.45, 7) is 10.4. The molecule has 1 aliphatic rings. The molecule has 20 heavy (non-hydrogen) atoms. The average molecular weight is 301 g/mol. The van der Waals surface area contributed by atoms with Crippen LogP contribution in [0.15, 0.2) is 0 Å². The van der Waals surface area contributed by atoms with Crippen LogP contribution in [0.5, 0.6) is 0 Å². The van der Waals surface area contributed by atoms with Crippen LogP contribution < -0.4 is 10.6 Å². The van der Waals surface area contributed by atoms with E-state index in [2.05, 4.69) is 10.6 Å². The minimum absolute atomic E-state index is 0.0323. The van der Waals surface area contributed by atoms with Gasteiger partial charge in [-0.1, -0.05) is 27.7 Å². The molecular formula is C14H27N3O2S. The summed E-state index contributed by atoms with van der Waals surface area (Å²) in [6, 6.07) is -0.309. The second-order valence-electron chi connectivity index (χ2n) is 6.26. The number of nitrogens with zero attached hydrogens (tertiary/aromatic N) is 1. The van der Waals surface area contributed by atoms with Crippen molar-refractivity contribution in [2.45, 2.75) is 40.2 Å². The van der Waals surface area contributed by atoms with Gasteiger partial charge in [-0.15, -0.1) is 11.8 Å². The van der Waals surface area contributed by atoms with E-state index in [1.807, 2.05) is 27.7 Å². The Balaban J connectivity index is 2.47. The van der Waals surface area contributed by atoms with Gasteiger partial charge in [-0.25, -0.2) is 0 Å². The normalized spacial score (nSPS) is 19.2. The molecule has 2 N–H and O–H groups in total. The highest BCUT2D eigenvalue weighted by Gasteiger charge is 2.35. The molecular weight excluding hydrogens is 274 g/mol. The first-order valence-electron chi connectivity index (χ1n) is 7.21. The fourth-order valence-electron chi connectivity index (χ4n) is 2.03. The van der Waals surface area contributed by atoms with E-state index in [1.54, 1.807) is 16.7 Å². The predicted octanol–water partition coefficient (Wildman–Crippen LogP) is 1.05. The monoisotopic (exact) mass is 301 g/mol. The van der Waals surface area contributed by atoms with Crippen molar-refractivity contribution in [1.82, 2.24) is 15.5 Å². The molecule has 5 nitrogen and oxygen atoms in total. The van der Waals surface area contributed by atoms with Gasteiger partial charge in [-0.3, -0.25) is 9.59 Å². The van der Waals surface area contributed by atoms with E-state index in [9.17, 15) is 9.59 Å². The smallest absolute Gasteiger partial charge is 0.243 e. The van der Waals surface area contributed by atoms with Crippen molar-refractivity contribution < 1.29 is 9.59 Å².